The number of morpholine rings is 1. The van der Waals surface area contributed by atoms with E-state index in [-0.39, 0.29) is 6.10 Å². The first-order valence-electron chi connectivity index (χ1n) is 6.34. The van der Waals surface area contributed by atoms with E-state index < -0.39 is 10.0 Å². The van der Waals surface area contributed by atoms with E-state index in [2.05, 4.69) is 0 Å². The molecule has 0 saturated carbocycles. The normalized spacial score (nSPS) is 21.5. The maximum atomic E-state index is 12.5. The fourth-order valence-corrected chi connectivity index (χ4v) is 3.62. The molecule has 1 heterocycles. The lowest BCUT2D eigenvalue weighted by Crippen LogP contribution is -2.48. The van der Waals surface area contributed by atoms with Crippen molar-refractivity contribution in [1.82, 2.24) is 4.31 Å². The summed E-state index contributed by atoms with van der Waals surface area (Å²) in [4.78, 5) is 0.341. The average Bonchev–Trinajstić information content (AvgIpc) is 2.41. The second-order valence-electron chi connectivity index (χ2n) is 4.84. The Morgan fingerprint density at radius 1 is 1.37 bits per heavy atom. The van der Waals surface area contributed by atoms with Gasteiger partial charge in [-0.3, -0.25) is 0 Å². The highest BCUT2D eigenvalue weighted by atomic mass is 32.2. The van der Waals surface area contributed by atoms with Crippen LogP contribution in [0.1, 0.15) is 11.1 Å². The van der Waals surface area contributed by atoms with Crippen molar-refractivity contribution >= 4 is 10.0 Å². The molecule has 5 nitrogen and oxygen atoms in total. The lowest BCUT2D eigenvalue weighted by atomic mass is 10.1. The topological polar surface area (TPSA) is 72.6 Å². The monoisotopic (exact) mass is 284 g/mol. The van der Waals surface area contributed by atoms with Gasteiger partial charge in [0.2, 0.25) is 10.0 Å². The number of nitrogens with zero attached hydrogens (tertiary/aromatic N) is 1. The zero-order chi connectivity index (χ0) is 14.0. The van der Waals surface area contributed by atoms with Gasteiger partial charge in [0.25, 0.3) is 0 Å². The Bertz CT molecular complexity index is 557. The van der Waals surface area contributed by atoms with Crippen molar-refractivity contribution in [2.75, 3.05) is 26.2 Å². The van der Waals surface area contributed by atoms with Crippen LogP contribution in [-0.4, -0.2) is 45.1 Å². The predicted molar refractivity (Wildman–Crippen MR) is 73.5 cm³/mol. The average molecular weight is 284 g/mol. The summed E-state index contributed by atoms with van der Waals surface area (Å²) in [6.45, 7) is 5.31. The van der Waals surface area contributed by atoms with Crippen molar-refractivity contribution in [1.29, 1.82) is 0 Å². The van der Waals surface area contributed by atoms with Gasteiger partial charge in [0.15, 0.2) is 0 Å². The van der Waals surface area contributed by atoms with Gasteiger partial charge in [0.1, 0.15) is 0 Å². The van der Waals surface area contributed by atoms with Crippen molar-refractivity contribution in [2.24, 2.45) is 5.73 Å². The van der Waals surface area contributed by atoms with Crippen LogP contribution in [0.25, 0.3) is 0 Å². The molecule has 0 amide bonds. The number of hydrogen-bond acceptors (Lipinski definition) is 4. The van der Waals surface area contributed by atoms with Crippen LogP contribution in [-0.2, 0) is 14.8 Å². The largest absolute Gasteiger partial charge is 0.374 e. The molecule has 0 bridgehead atoms. The first kappa shape index (κ1) is 14.5. The van der Waals surface area contributed by atoms with E-state index in [9.17, 15) is 8.42 Å². The molecule has 0 radical (unpaired) electrons. The van der Waals surface area contributed by atoms with Crippen molar-refractivity contribution in [2.45, 2.75) is 24.8 Å². The minimum Gasteiger partial charge on any atom is -0.374 e. The molecule has 1 aromatic carbocycles. The quantitative estimate of drug-likeness (QED) is 0.884. The first-order chi connectivity index (χ1) is 8.95. The van der Waals surface area contributed by atoms with Crippen LogP contribution < -0.4 is 5.73 Å². The number of ether oxygens (including phenoxy) is 1. The summed E-state index contributed by atoms with van der Waals surface area (Å²) in [5.74, 6) is 0. The summed E-state index contributed by atoms with van der Waals surface area (Å²) in [6, 6.07) is 5.21. The fourth-order valence-electron chi connectivity index (χ4n) is 2.08. The van der Waals surface area contributed by atoms with E-state index in [0.29, 0.717) is 31.1 Å². The van der Waals surface area contributed by atoms with Gasteiger partial charge in [-0.2, -0.15) is 4.31 Å². The molecule has 0 aliphatic carbocycles. The maximum Gasteiger partial charge on any atom is 0.243 e. The van der Waals surface area contributed by atoms with Crippen LogP contribution in [0.15, 0.2) is 23.1 Å². The number of nitrogens with two attached hydrogens (primary N) is 1. The van der Waals surface area contributed by atoms with Gasteiger partial charge in [-0.05, 0) is 37.1 Å². The Kier molecular flexibility index (Phi) is 4.25. The van der Waals surface area contributed by atoms with Crippen LogP contribution in [0.3, 0.4) is 0 Å². The van der Waals surface area contributed by atoms with E-state index in [1.165, 1.54) is 4.31 Å². The van der Waals surface area contributed by atoms with Crippen molar-refractivity contribution in [3.63, 3.8) is 0 Å². The van der Waals surface area contributed by atoms with Gasteiger partial charge < -0.3 is 10.5 Å². The molecule has 0 aromatic heterocycles. The van der Waals surface area contributed by atoms with Gasteiger partial charge in [0.05, 0.1) is 17.6 Å². The molecule has 1 aliphatic rings. The summed E-state index contributed by atoms with van der Waals surface area (Å²) in [7, 11) is -3.45. The maximum absolute atomic E-state index is 12.5. The summed E-state index contributed by atoms with van der Waals surface area (Å²) in [6.07, 6.45) is -0.213. The van der Waals surface area contributed by atoms with Gasteiger partial charge in [-0.1, -0.05) is 6.07 Å². The SMILES string of the molecule is Cc1ccc(S(=O)(=O)N2CCOC(CN)C2)cc1C. The molecule has 1 fully saturated rings. The number of aryl methyl sites for hydroxylation is 2. The highest BCUT2D eigenvalue weighted by molar-refractivity contribution is 7.89. The van der Waals surface area contributed by atoms with E-state index in [1.807, 2.05) is 19.9 Å². The van der Waals surface area contributed by atoms with Gasteiger partial charge >= 0.3 is 0 Å². The number of benzene rings is 1. The van der Waals surface area contributed by atoms with Crippen LogP contribution >= 0.6 is 0 Å². The molecule has 106 valence electrons. The molecule has 1 aliphatic heterocycles. The molecular formula is C13H20N2O3S. The van der Waals surface area contributed by atoms with Crippen molar-refractivity contribution in [3.8, 4) is 0 Å². The summed E-state index contributed by atoms with van der Waals surface area (Å²) < 4.78 is 31.9. The molecule has 0 spiro atoms. The highest BCUT2D eigenvalue weighted by Gasteiger charge is 2.30. The molecule has 6 heteroatoms. The van der Waals surface area contributed by atoms with E-state index in [1.54, 1.807) is 12.1 Å². The summed E-state index contributed by atoms with van der Waals surface area (Å²) >= 11 is 0. The smallest absolute Gasteiger partial charge is 0.243 e. The Morgan fingerprint density at radius 3 is 2.74 bits per heavy atom. The minimum atomic E-state index is -3.45. The van der Waals surface area contributed by atoms with Gasteiger partial charge in [-0.15, -0.1) is 0 Å². The second kappa shape index (κ2) is 5.58. The van der Waals surface area contributed by atoms with Crippen LogP contribution in [0.5, 0.6) is 0 Å². The Morgan fingerprint density at radius 2 is 2.11 bits per heavy atom. The zero-order valence-electron chi connectivity index (χ0n) is 11.3. The van der Waals surface area contributed by atoms with Crippen molar-refractivity contribution in [3.05, 3.63) is 29.3 Å². The van der Waals surface area contributed by atoms with Crippen LogP contribution in [0.4, 0.5) is 0 Å². The third kappa shape index (κ3) is 2.97. The second-order valence-corrected chi connectivity index (χ2v) is 6.78. The van der Waals surface area contributed by atoms with E-state index in [0.717, 1.165) is 11.1 Å². The Balaban J connectivity index is 2.28. The molecule has 2 N–H and O–H groups in total. The third-order valence-corrected chi connectivity index (χ3v) is 5.34. The van der Waals surface area contributed by atoms with Gasteiger partial charge in [0, 0.05) is 19.6 Å². The molecule has 1 atom stereocenters. The molecule has 2 rings (SSSR count). The number of rotatable bonds is 3. The predicted octanol–water partition coefficient (Wildman–Crippen LogP) is 0.652. The van der Waals surface area contributed by atoms with E-state index >= 15 is 0 Å². The number of sulfonamides is 1. The van der Waals surface area contributed by atoms with Gasteiger partial charge in [-0.25, -0.2) is 8.42 Å². The van der Waals surface area contributed by atoms with E-state index in [4.69, 9.17) is 10.5 Å². The zero-order valence-corrected chi connectivity index (χ0v) is 12.1. The third-order valence-electron chi connectivity index (χ3n) is 3.48. The summed E-state index contributed by atoms with van der Waals surface area (Å²) in [5, 5.41) is 0. The lowest BCUT2D eigenvalue weighted by molar-refractivity contribution is 0.00450. The fraction of sp³-hybridized carbons (Fsp3) is 0.538. The highest BCUT2D eigenvalue weighted by Crippen LogP contribution is 2.21. The standard InChI is InChI=1S/C13H20N2O3S/c1-10-3-4-13(7-11(10)2)19(16,17)15-5-6-18-12(8-14)9-15/h3-4,7,12H,5-6,8-9,14H2,1-2H3. The molecule has 1 aromatic rings. The number of hydrogen-bond donors (Lipinski definition) is 1. The minimum absolute atomic E-state index is 0.213. The lowest BCUT2D eigenvalue weighted by Gasteiger charge is -2.31. The van der Waals surface area contributed by atoms with Crippen molar-refractivity contribution < 1.29 is 13.2 Å². The summed E-state index contributed by atoms with van der Waals surface area (Å²) in [5.41, 5.74) is 7.61. The molecule has 19 heavy (non-hydrogen) atoms. The molecule has 1 saturated heterocycles. The molecule has 1 unspecified atom stereocenters. The first-order valence-corrected chi connectivity index (χ1v) is 7.78. The van der Waals surface area contributed by atoms with Crippen LogP contribution in [0, 0.1) is 13.8 Å². The van der Waals surface area contributed by atoms with Crippen LogP contribution in [0.2, 0.25) is 0 Å². The Labute approximate surface area is 114 Å². The molecular weight excluding hydrogens is 264 g/mol. The Hall–Kier alpha value is -0.950.